The van der Waals surface area contributed by atoms with Gasteiger partial charge in [0.15, 0.2) is 16.0 Å². The fourth-order valence-electron chi connectivity index (χ4n) is 3.19. The molecule has 0 spiro atoms. The van der Waals surface area contributed by atoms with Crippen LogP contribution in [-0.2, 0) is 20.5 Å². The van der Waals surface area contributed by atoms with Crippen LogP contribution in [0.1, 0.15) is 44.1 Å². The smallest absolute Gasteiger partial charge is 0.410 e. The number of nitrogens with zero attached hydrogens (tertiary/aromatic N) is 3. The van der Waals surface area contributed by atoms with Crippen LogP contribution in [0.25, 0.3) is 10.6 Å². The second-order valence-electron chi connectivity index (χ2n) is 7.58. The highest BCUT2D eigenvalue weighted by atomic mass is 32.2. The number of rotatable bonds is 2. The molecule has 8 nitrogen and oxygen atoms in total. The quantitative estimate of drug-likeness (QED) is 0.832. The molecule has 0 saturated carbocycles. The van der Waals surface area contributed by atoms with Crippen molar-refractivity contribution in [3.05, 3.63) is 29.1 Å². The molecule has 0 saturated heterocycles. The molecule has 1 atom stereocenters. The van der Waals surface area contributed by atoms with Crippen molar-refractivity contribution in [1.29, 1.82) is 0 Å². The summed E-state index contributed by atoms with van der Waals surface area (Å²) >= 11 is 0. The van der Waals surface area contributed by atoms with E-state index in [-0.39, 0.29) is 12.0 Å². The van der Waals surface area contributed by atoms with Crippen molar-refractivity contribution in [2.45, 2.75) is 46.6 Å². The minimum absolute atomic E-state index is 0.321. The van der Waals surface area contributed by atoms with Gasteiger partial charge < -0.3 is 9.64 Å². The average Bonchev–Trinajstić information content (AvgIpc) is 3.04. The Labute approximate surface area is 160 Å². The molecule has 3 heterocycles. The van der Waals surface area contributed by atoms with Crippen molar-refractivity contribution in [2.24, 2.45) is 0 Å². The number of carbonyl (C=O) groups excluding carboxylic acids is 2. The molecular weight excluding hydrogens is 368 g/mol. The predicted molar refractivity (Wildman–Crippen MR) is 103 cm³/mol. The number of carbonyl (C=O) groups is 2. The second kappa shape index (κ2) is 6.95. The van der Waals surface area contributed by atoms with E-state index in [1.54, 1.807) is 9.58 Å². The molecule has 1 aromatic heterocycles. The Morgan fingerprint density at radius 3 is 2.56 bits per heavy atom. The van der Waals surface area contributed by atoms with Crippen LogP contribution in [0, 0.1) is 13.8 Å². The number of aromatic nitrogens is 2. The summed E-state index contributed by atoms with van der Waals surface area (Å²) in [5.74, 6) is -0.387. The molecule has 0 aromatic carbocycles. The van der Waals surface area contributed by atoms with Gasteiger partial charge in [-0.15, -0.1) is 0 Å². The van der Waals surface area contributed by atoms with E-state index in [0.29, 0.717) is 24.5 Å². The maximum absolute atomic E-state index is 12.2. The molecule has 9 heteroatoms. The highest BCUT2D eigenvalue weighted by Gasteiger charge is 2.28. The Hall–Kier alpha value is -2.42. The Bertz CT molecular complexity index is 892. The predicted octanol–water partition coefficient (Wildman–Crippen LogP) is 2.12. The van der Waals surface area contributed by atoms with E-state index in [4.69, 9.17) is 4.74 Å². The summed E-state index contributed by atoms with van der Waals surface area (Å²) in [4.78, 5) is 25.3. The third-order valence-electron chi connectivity index (χ3n) is 4.32. The van der Waals surface area contributed by atoms with Gasteiger partial charge in [-0.1, -0.05) is 6.08 Å². The molecule has 0 radical (unpaired) electrons. The molecule has 1 unspecified atom stereocenters. The van der Waals surface area contributed by atoms with Crippen molar-refractivity contribution < 1.29 is 18.5 Å². The number of hydrogen-bond donors (Lipinski definition) is 1. The molecule has 0 bridgehead atoms. The van der Waals surface area contributed by atoms with Crippen LogP contribution in [0.2, 0.25) is 0 Å². The van der Waals surface area contributed by atoms with Gasteiger partial charge in [-0.2, -0.15) is 5.10 Å². The first-order valence-corrected chi connectivity index (χ1v) is 9.90. The van der Waals surface area contributed by atoms with Gasteiger partial charge in [0.1, 0.15) is 5.60 Å². The summed E-state index contributed by atoms with van der Waals surface area (Å²) in [5.41, 5.74) is 3.14. The third kappa shape index (κ3) is 3.97. The standard InChI is InChI=1S/C18H24N4O4S/c1-11-16(12(2)22(19-11)15-10-14(23)20-27(15)25)13-6-8-21(9-7-13)17(24)26-18(3,4)5/h6,10H,7-9H2,1-5H3,(H,20,23). The van der Waals surface area contributed by atoms with Crippen LogP contribution in [0.3, 0.4) is 0 Å². The minimum atomic E-state index is -1.60. The van der Waals surface area contributed by atoms with E-state index in [1.165, 1.54) is 6.08 Å². The van der Waals surface area contributed by atoms with Crippen molar-refractivity contribution in [1.82, 2.24) is 19.4 Å². The van der Waals surface area contributed by atoms with Crippen molar-refractivity contribution >= 4 is 33.6 Å². The molecule has 0 aliphatic carbocycles. The van der Waals surface area contributed by atoms with E-state index in [9.17, 15) is 13.8 Å². The van der Waals surface area contributed by atoms with E-state index >= 15 is 0 Å². The molecule has 2 aliphatic rings. The molecule has 1 aromatic rings. The van der Waals surface area contributed by atoms with E-state index < -0.39 is 16.6 Å². The Kier molecular flexibility index (Phi) is 4.98. The van der Waals surface area contributed by atoms with Crippen LogP contribution < -0.4 is 4.72 Å². The van der Waals surface area contributed by atoms with Gasteiger partial charge in [0.05, 0.1) is 5.69 Å². The summed E-state index contributed by atoms with van der Waals surface area (Å²) in [7, 11) is -1.60. The van der Waals surface area contributed by atoms with Crippen molar-refractivity contribution in [2.75, 3.05) is 13.1 Å². The molecule has 27 heavy (non-hydrogen) atoms. The van der Waals surface area contributed by atoms with Crippen LogP contribution in [-0.4, -0.2) is 49.6 Å². The lowest BCUT2D eigenvalue weighted by molar-refractivity contribution is -0.114. The third-order valence-corrected chi connectivity index (χ3v) is 5.38. The summed E-state index contributed by atoms with van der Waals surface area (Å²) in [6, 6.07) is 0. The monoisotopic (exact) mass is 392 g/mol. The number of amides is 2. The van der Waals surface area contributed by atoms with Gasteiger partial charge in [-0.3, -0.25) is 9.52 Å². The fraction of sp³-hybridized carbons (Fsp3) is 0.500. The first-order chi connectivity index (χ1) is 12.6. The largest absolute Gasteiger partial charge is 0.444 e. The molecule has 2 aliphatic heterocycles. The maximum Gasteiger partial charge on any atom is 0.410 e. The summed E-state index contributed by atoms with van der Waals surface area (Å²) in [5, 5.41) is 4.80. The lowest BCUT2D eigenvalue weighted by Gasteiger charge is -2.29. The Morgan fingerprint density at radius 2 is 2.04 bits per heavy atom. The molecule has 146 valence electrons. The average molecular weight is 392 g/mol. The first-order valence-electron chi connectivity index (χ1n) is 8.75. The molecule has 2 amide bonds. The zero-order valence-electron chi connectivity index (χ0n) is 16.2. The van der Waals surface area contributed by atoms with Gasteiger partial charge in [0, 0.05) is 30.4 Å². The number of hydrogen-bond acceptors (Lipinski definition) is 5. The first kappa shape index (κ1) is 19.3. The second-order valence-corrected chi connectivity index (χ2v) is 8.74. The van der Waals surface area contributed by atoms with Crippen LogP contribution in [0.4, 0.5) is 4.79 Å². The van der Waals surface area contributed by atoms with Gasteiger partial charge >= 0.3 is 6.09 Å². The highest BCUT2D eigenvalue weighted by molar-refractivity contribution is 7.93. The summed E-state index contributed by atoms with van der Waals surface area (Å²) < 4.78 is 21.4. The minimum Gasteiger partial charge on any atom is -0.444 e. The van der Waals surface area contributed by atoms with Gasteiger partial charge in [0.25, 0.3) is 5.91 Å². The summed E-state index contributed by atoms with van der Waals surface area (Å²) in [6.45, 7) is 10.3. The highest BCUT2D eigenvalue weighted by Crippen LogP contribution is 2.30. The maximum atomic E-state index is 12.2. The number of nitrogens with one attached hydrogen (secondary N) is 1. The fourth-order valence-corrected chi connectivity index (χ4v) is 4.08. The molecular formula is C18H24N4O4S. The molecule has 0 fully saturated rings. The topological polar surface area (TPSA) is 93.5 Å². The Balaban J connectivity index is 1.82. The van der Waals surface area contributed by atoms with E-state index in [2.05, 4.69) is 9.82 Å². The lowest BCUT2D eigenvalue weighted by Crippen LogP contribution is -2.39. The van der Waals surface area contributed by atoms with Crippen LogP contribution >= 0.6 is 0 Å². The van der Waals surface area contributed by atoms with Gasteiger partial charge in [-0.05, 0) is 46.6 Å². The number of ether oxygens (including phenoxy) is 1. The Morgan fingerprint density at radius 1 is 1.33 bits per heavy atom. The zero-order valence-corrected chi connectivity index (χ0v) is 17.0. The van der Waals surface area contributed by atoms with Gasteiger partial charge in [-0.25, -0.2) is 13.7 Å². The SMILES string of the molecule is Cc1nn(C2=CC(=O)NS2=O)c(C)c1C1=CCN(C(=O)OC(C)(C)C)CC1. The van der Waals surface area contributed by atoms with Crippen molar-refractivity contribution in [3.8, 4) is 0 Å². The van der Waals surface area contributed by atoms with Crippen molar-refractivity contribution in [3.63, 3.8) is 0 Å². The zero-order chi connectivity index (χ0) is 19.9. The van der Waals surface area contributed by atoms with Crippen LogP contribution in [0.15, 0.2) is 12.2 Å². The van der Waals surface area contributed by atoms with Crippen LogP contribution in [0.5, 0.6) is 0 Å². The van der Waals surface area contributed by atoms with E-state index in [1.807, 2.05) is 40.7 Å². The van der Waals surface area contributed by atoms with Gasteiger partial charge in [0.2, 0.25) is 0 Å². The van der Waals surface area contributed by atoms with E-state index in [0.717, 1.165) is 22.5 Å². The number of aryl methyl sites for hydroxylation is 1. The lowest BCUT2D eigenvalue weighted by atomic mass is 9.98. The molecule has 3 rings (SSSR count). The normalized spacial score (nSPS) is 20.3. The summed E-state index contributed by atoms with van der Waals surface area (Å²) in [6.07, 6.45) is 3.65. The molecule has 1 N–H and O–H groups in total.